The summed E-state index contributed by atoms with van der Waals surface area (Å²) in [4.78, 5) is 37.3. The van der Waals surface area contributed by atoms with Gasteiger partial charge in [-0.1, -0.05) is 0 Å². The number of carbonyl (C=O) groups is 1. The van der Waals surface area contributed by atoms with E-state index in [-0.39, 0.29) is 82.0 Å². The number of phosphoric acid groups is 1. The van der Waals surface area contributed by atoms with Gasteiger partial charge in [-0.2, -0.15) is 0 Å². The summed E-state index contributed by atoms with van der Waals surface area (Å²) in [5.74, 6) is 0.935. The topological polar surface area (TPSA) is 136 Å². The molecule has 1 heterocycles. The summed E-state index contributed by atoms with van der Waals surface area (Å²) in [7, 11) is 1.83. The molecule has 0 bridgehead atoms. The van der Waals surface area contributed by atoms with Crippen molar-refractivity contribution in [1.82, 2.24) is 0 Å². The van der Waals surface area contributed by atoms with Crippen LogP contribution in [0.2, 0.25) is 0 Å². The fourth-order valence-corrected chi connectivity index (χ4v) is 5.61. The number of hydrogen-bond donors (Lipinski definition) is 0. The first-order chi connectivity index (χ1) is 18.1. The van der Waals surface area contributed by atoms with E-state index in [0.717, 1.165) is 4.70 Å². The van der Waals surface area contributed by atoms with Crippen molar-refractivity contribution >= 4 is 35.0 Å². The molecule has 0 fully saturated rings. The second-order valence-electron chi connectivity index (χ2n) is 7.82. The summed E-state index contributed by atoms with van der Waals surface area (Å²) >= 11 is 1.29. The van der Waals surface area contributed by atoms with Crippen molar-refractivity contribution in [2.45, 2.75) is 0 Å². The maximum atomic E-state index is 14.1. The Morgan fingerprint density at radius 2 is 1.38 bits per heavy atom. The molecule has 0 N–H and O–H groups in total. The minimum absolute atomic E-state index is 0. The van der Waals surface area contributed by atoms with Crippen LogP contribution in [-0.2, 0) is 4.57 Å². The molecule has 1 aromatic heterocycles. The van der Waals surface area contributed by atoms with Gasteiger partial charge in [-0.25, -0.2) is 0 Å². The molecule has 0 spiro atoms. The van der Waals surface area contributed by atoms with Crippen LogP contribution in [0.1, 0.15) is 15.9 Å². The van der Waals surface area contributed by atoms with Crippen molar-refractivity contribution in [3.8, 4) is 44.9 Å². The van der Waals surface area contributed by atoms with Gasteiger partial charge < -0.3 is 42.6 Å². The van der Waals surface area contributed by atoms with Crippen LogP contribution >= 0.6 is 19.2 Å². The number of methoxy groups -OCH3 is 5. The van der Waals surface area contributed by atoms with Gasteiger partial charge in [0.25, 0.3) is 0 Å². The number of benzene rings is 3. The summed E-state index contributed by atoms with van der Waals surface area (Å²) in [6.45, 7) is 0. The van der Waals surface area contributed by atoms with Crippen molar-refractivity contribution in [2.75, 3.05) is 35.5 Å². The van der Waals surface area contributed by atoms with Crippen LogP contribution in [0.4, 0.5) is 0 Å². The first-order valence-electron chi connectivity index (χ1n) is 11.0. The summed E-state index contributed by atoms with van der Waals surface area (Å²) in [6.07, 6.45) is 0. The number of rotatable bonds is 10. The van der Waals surface area contributed by atoms with Crippen molar-refractivity contribution in [3.05, 3.63) is 59.7 Å². The largest absolute Gasteiger partial charge is 1.00 e. The Morgan fingerprint density at radius 3 is 1.90 bits per heavy atom. The predicted molar refractivity (Wildman–Crippen MR) is 138 cm³/mol. The molecule has 0 saturated carbocycles. The second-order valence-corrected chi connectivity index (χ2v) is 9.94. The molecule has 0 aliphatic carbocycles. The number of hydrogen-bond acceptors (Lipinski definition) is 11. The zero-order valence-electron chi connectivity index (χ0n) is 23.1. The molecule has 200 valence electrons. The Labute approximate surface area is 279 Å². The fraction of sp³-hybridized carbons (Fsp3) is 0.192. The fourth-order valence-electron chi connectivity index (χ4n) is 4.00. The predicted octanol–water partition coefficient (Wildman–Crippen LogP) is -1.94. The van der Waals surface area contributed by atoms with Crippen LogP contribution in [0.5, 0.6) is 34.5 Å². The molecule has 0 unspecified atom stereocenters. The van der Waals surface area contributed by atoms with Crippen LogP contribution in [-0.4, -0.2) is 41.3 Å². The second kappa shape index (κ2) is 14.4. The van der Waals surface area contributed by atoms with E-state index in [2.05, 4.69) is 4.52 Å². The Balaban J connectivity index is 0.00000280. The number of ether oxygens (including phenoxy) is 5. The number of carbonyl (C=O) groups excluding carboxylic acids is 1. The Kier molecular flexibility index (Phi) is 12.4. The average Bonchev–Trinajstić information content (AvgIpc) is 3.29. The normalized spacial score (nSPS) is 10.7. The number of phosphoric ester groups is 1. The van der Waals surface area contributed by atoms with Crippen molar-refractivity contribution in [1.29, 1.82) is 0 Å². The van der Waals surface area contributed by atoms with Gasteiger partial charge in [0.1, 0.15) is 13.6 Å². The third-order valence-electron chi connectivity index (χ3n) is 5.69. The van der Waals surface area contributed by atoms with E-state index >= 15 is 0 Å². The molecular weight excluding hydrogens is 581 g/mol. The Hall–Kier alpha value is -1.76. The van der Waals surface area contributed by atoms with Crippen molar-refractivity contribution in [2.24, 2.45) is 0 Å². The van der Waals surface area contributed by atoms with Crippen LogP contribution < -0.4 is 97.1 Å². The molecule has 0 saturated heterocycles. The quantitative estimate of drug-likeness (QED) is 0.114. The molecule has 0 aliphatic rings. The van der Waals surface area contributed by atoms with E-state index in [9.17, 15) is 19.1 Å². The van der Waals surface area contributed by atoms with Crippen LogP contribution in [0.15, 0.2) is 48.5 Å². The van der Waals surface area contributed by atoms with Gasteiger partial charge in [0.15, 0.2) is 28.8 Å². The number of fused-ring (bicyclic) bond motifs is 1. The van der Waals surface area contributed by atoms with Gasteiger partial charge >= 0.3 is 59.1 Å². The van der Waals surface area contributed by atoms with E-state index in [1.54, 1.807) is 36.4 Å². The zero-order chi connectivity index (χ0) is 27.6. The summed E-state index contributed by atoms with van der Waals surface area (Å²) in [5.41, 5.74) is 1.04. The van der Waals surface area contributed by atoms with E-state index in [1.807, 2.05) is 0 Å². The van der Waals surface area contributed by atoms with Gasteiger partial charge in [0.05, 0.1) is 35.5 Å². The Bertz CT molecular complexity index is 1540. The minimum Gasteiger partial charge on any atom is -0.780 e. The summed E-state index contributed by atoms with van der Waals surface area (Å²) in [5, 5.41) is 0.640. The average molecular weight is 604 g/mol. The standard InChI is InChI=1S/C26H25O10PS.2Na/c1-31-16-7-8-17-22(13-16)38-26(14-6-9-18(32-2)19(10-14)36-37(28,29)30)23(17)24(27)15-11-20(33-3)25(35-5)21(12-15)34-4;;/h6-13H,1-5H3,(H2,28,29,30);;/q;2*+1/p-2. The maximum absolute atomic E-state index is 14.1. The molecule has 40 heavy (non-hydrogen) atoms. The van der Waals surface area contributed by atoms with E-state index in [4.69, 9.17) is 23.7 Å². The van der Waals surface area contributed by atoms with Gasteiger partial charge in [0.2, 0.25) is 5.75 Å². The van der Waals surface area contributed by atoms with E-state index in [1.165, 1.54) is 59.0 Å². The van der Waals surface area contributed by atoms with Crippen LogP contribution in [0.3, 0.4) is 0 Å². The SMILES string of the molecule is COc1ccc2c(C(=O)c3cc(OC)c(OC)c(OC)c3)c(-c3ccc(OC)c(OP(=O)([O-])[O-])c3)sc2c1.[Na+].[Na+]. The molecular formula is C26H23Na2O10PS. The monoisotopic (exact) mass is 604 g/mol. The Morgan fingerprint density at radius 1 is 0.750 bits per heavy atom. The maximum Gasteiger partial charge on any atom is 1.00 e. The van der Waals surface area contributed by atoms with Gasteiger partial charge in [0, 0.05) is 26.1 Å². The van der Waals surface area contributed by atoms with Crippen LogP contribution in [0, 0.1) is 0 Å². The molecule has 14 heteroatoms. The van der Waals surface area contributed by atoms with Crippen molar-refractivity contribution in [3.63, 3.8) is 0 Å². The molecule has 3 aromatic carbocycles. The first kappa shape index (κ1) is 34.4. The summed E-state index contributed by atoms with van der Waals surface area (Å²) in [6, 6.07) is 12.8. The van der Waals surface area contributed by atoms with Gasteiger partial charge in [-0.15, -0.1) is 11.3 Å². The van der Waals surface area contributed by atoms with Crippen molar-refractivity contribution < 1.29 is 106 Å². The van der Waals surface area contributed by atoms with Gasteiger partial charge in [-0.05, 0) is 54.1 Å². The minimum atomic E-state index is -5.38. The van der Waals surface area contributed by atoms with E-state index < -0.39 is 7.82 Å². The number of ketones is 1. The zero-order valence-corrected chi connectivity index (χ0v) is 28.8. The molecule has 0 radical (unpaired) electrons. The van der Waals surface area contributed by atoms with Crippen LogP contribution in [0.25, 0.3) is 20.5 Å². The van der Waals surface area contributed by atoms with Gasteiger partial charge in [-0.3, -0.25) is 4.79 Å². The molecule has 0 atom stereocenters. The molecule has 0 aliphatic heterocycles. The smallest absolute Gasteiger partial charge is 0.780 e. The molecule has 4 rings (SSSR count). The number of thiophene rings is 1. The molecule has 0 amide bonds. The third kappa shape index (κ3) is 7.17. The third-order valence-corrected chi connectivity index (χ3v) is 7.31. The summed E-state index contributed by atoms with van der Waals surface area (Å²) < 4.78 is 43.5. The van der Waals surface area contributed by atoms with E-state index in [0.29, 0.717) is 44.4 Å². The molecule has 4 aromatic rings. The molecule has 10 nitrogen and oxygen atoms in total. The first-order valence-corrected chi connectivity index (χ1v) is 13.3.